The standard InChI is InChI=1S/C13H19FN2O2/c1-3-4-9(2)18-8-13(17)16-12-7-10(15)5-6-11(12)14/h5-7,9H,3-4,8,15H2,1-2H3,(H,16,17). The number of anilines is 2. The zero-order valence-electron chi connectivity index (χ0n) is 10.7. The highest BCUT2D eigenvalue weighted by Gasteiger charge is 2.09. The first-order chi connectivity index (χ1) is 8.52. The normalized spacial score (nSPS) is 12.2. The predicted molar refractivity (Wildman–Crippen MR) is 69.8 cm³/mol. The van der Waals surface area contributed by atoms with Crippen molar-refractivity contribution in [3.63, 3.8) is 0 Å². The van der Waals surface area contributed by atoms with Gasteiger partial charge in [-0.1, -0.05) is 13.3 Å². The topological polar surface area (TPSA) is 64.3 Å². The molecule has 3 N–H and O–H groups in total. The van der Waals surface area contributed by atoms with E-state index < -0.39 is 5.82 Å². The van der Waals surface area contributed by atoms with Crippen molar-refractivity contribution in [3.05, 3.63) is 24.0 Å². The molecule has 1 aromatic carbocycles. The third-order valence-corrected chi connectivity index (χ3v) is 2.46. The molecule has 0 radical (unpaired) electrons. The third kappa shape index (κ3) is 4.71. The second-order valence-electron chi connectivity index (χ2n) is 4.20. The maximum absolute atomic E-state index is 13.3. The lowest BCUT2D eigenvalue weighted by Gasteiger charge is -2.12. The van der Waals surface area contributed by atoms with Gasteiger partial charge in [0.05, 0.1) is 11.8 Å². The number of rotatable bonds is 6. The summed E-state index contributed by atoms with van der Waals surface area (Å²) >= 11 is 0. The van der Waals surface area contributed by atoms with Crippen LogP contribution >= 0.6 is 0 Å². The van der Waals surface area contributed by atoms with Gasteiger partial charge in [-0.05, 0) is 31.5 Å². The van der Waals surface area contributed by atoms with Crippen LogP contribution in [0.2, 0.25) is 0 Å². The van der Waals surface area contributed by atoms with Gasteiger partial charge in [0.1, 0.15) is 12.4 Å². The van der Waals surface area contributed by atoms with Crippen molar-refractivity contribution in [1.29, 1.82) is 0 Å². The number of amides is 1. The number of nitrogens with two attached hydrogens (primary N) is 1. The maximum atomic E-state index is 13.3. The summed E-state index contributed by atoms with van der Waals surface area (Å²) < 4.78 is 18.7. The van der Waals surface area contributed by atoms with Gasteiger partial charge in [-0.15, -0.1) is 0 Å². The van der Waals surface area contributed by atoms with E-state index in [1.54, 1.807) is 0 Å². The molecule has 4 nitrogen and oxygen atoms in total. The fourth-order valence-corrected chi connectivity index (χ4v) is 1.53. The largest absolute Gasteiger partial charge is 0.399 e. The molecule has 1 amide bonds. The Morgan fingerprint density at radius 1 is 1.56 bits per heavy atom. The lowest BCUT2D eigenvalue weighted by molar-refractivity contribution is -0.122. The smallest absolute Gasteiger partial charge is 0.250 e. The van der Waals surface area contributed by atoms with Crippen LogP contribution < -0.4 is 11.1 Å². The van der Waals surface area contributed by atoms with Gasteiger partial charge in [-0.3, -0.25) is 4.79 Å². The van der Waals surface area contributed by atoms with Crippen LogP contribution in [0, 0.1) is 5.82 Å². The van der Waals surface area contributed by atoms with Crippen LogP contribution in [0.4, 0.5) is 15.8 Å². The van der Waals surface area contributed by atoms with E-state index in [0.29, 0.717) is 5.69 Å². The average Bonchev–Trinajstić information content (AvgIpc) is 2.32. The number of ether oxygens (including phenoxy) is 1. The number of hydrogen-bond donors (Lipinski definition) is 2. The molecule has 0 aliphatic rings. The SMILES string of the molecule is CCCC(C)OCC(=O)Nc1cc(N)ccc1F. The molecule has 0 heterocycles. The first-order valence-electron chi connectivity index (χ1n) is 5.99. The molecule has 0 saturated carbocycles. The Bertz CT molecular complexity index is 410. The summed E-state index contributed by atoms with van der Waals surface area (Å²) in [6, 6.07) is 4.03. The summed E-state index contributed by atoms with van der Waals surface area (Å²) in [6.07, 6.45) is 1.90. The number of halogens is 1. The Morgan fingerprint density at radius 2 is 2.28 bits per heavy atom. The van der Waals surface area contributed by atoms with Crippen LogP contribution in [-0.4, -0.2) is 18.6 Å². The average molecular weight is 254 g/mol. The Balaban J connectivity index is 2.47. The molecule has 1 aromatic rings. The van der Waals surface area contributed by atoms with Gasteiger partial charge >= 0.3 is 0 Å². The van der Waals surface area contributed by atoms with E-state index in [1.807, 2.05) is 13.8 Å². The Morgan fingerprint density at radius 3 is 2.94 bits per heavy atom. The van der Waals surface area contributed by atoms with E-state index in [9.17, 15) is 9.18 Å². The molecule has 1 rings (SSSR count). The van der Waals surface area contributed by atoms with Crippen molar-refractivity contribution >= 4 is 17.3 Å². The zero-order valence-corrected chi connectivity index (χ0v) is 10.7. The number of benzene rings is 1. The highest BCUT2D eigenvalue weighted by molar-refractivity contribution is 5.92. The molecule has 0 aliphatic carbocycles. The monoisotopic (exact) mass is 254 g/mol. The molecule has 5 heteroatoms. The molecule has 100 valence electrons. The van der Waals surface area contributed by atoms with Gasteiger partial charge < -0.3 is 15.8 Å². The third-order valence-electron chi connectivity index (χ3n) is 2.46. The Labute approximate surface area is 106 Å². The molecule has 1 atom stereocenters. The molecule has 0 aromatic heterocycles. The lowest BCUT2D eigenvalue weighted by atomic mass is 10.2. The first kappa shape index (κ1) is 14.4. The maximum Gasteiger partial charge on any atom is 0.250 e. The minimum Gasteiger partial charge on any atom is -0.399 e. The highest BCUT2D eigenvalue weighted by atomic mass is 19.1. The summed E-state index contributed by atoms with van der Waals surface area (Å²) in [7, 11) is 0. The van der Waals surface area contributed by atoms with Crippen molar-refractivity contribution in [2.75, 3.05) is 17.7 Å². The molecule has 0 aliphatic heterocycles. The fourth-order valence-electron chi connectivity index (χ4n) is 1.53. The van der Waals surface area contributed by atoms with Crippen LogP contribution in [0.15, 0.2) is 18.2 Å². The Hall–Kier alpha value is -1.62. The summed E-state index contributed by atoms with van der Waals surface area (Å²) in [5, 5.41) is 2.43. The summed E-state index contributed by atoms with van der Waals surface area (Å²) in [5.41, 5.74) is 5.99. The fraction of sp³-hybridized carbons (Fsp3) is 0.462. The number of carbonyl (C=O) groups is 1. The van der Waals surface area contributed by atoms with E-state index in [2.05, 4.69) is 5.32 Å². The van der Waals surface area contributed by atoms with Crippen molar-refractivity contribution in [2.45, 2.75) is 32.8 Å². The van der Waals surface area contributed by atoms with Gasteiger partial charge in [-0.2, -0.15) is 0 Å². The Kier molecular flexibility index (Phi) is 5.58. The second-order valence-corrected chi connectivity index (χ2v) is 4.20. The van der Waals surface area contributed by atoms with Crippen LogP contribution in [0.1, 0.15) is 26.7 Å². The summed E-state index contributed by atoms with van der Waals surface area (Å²) in [5.74, 6) is -0.901. The van der Waals surface area contributed by atoms with E-state index in [0.717, 1.165) is 12.8 Å². The molecule has 0 bridgehead atoms. The molecule has 0 saturated heterocycles. The van der Waals surface area contributed by atoms with E-state index in [1.165, 1.54) is 18.2 Å². The number of nitrogen functional groups attached to an aromatic ring is 1. The molecule has 1 unspecified atom stereocenters. The van der Waals surface area contributed by atoms with Crippen molar-refractivity contribution < 1.29 is 13.9 Å². The van der Waals surface area contributed by atoms with Gasteiger partial charge in [0, 0.05) is 5.69 Å². The van der Waals surface area contributed by atoms with Crippen LogP contribution in [0.25, 0.3) is 0 Å². The van der Waals surface area contributed by atoms with E-state index >= 15 is 0 Å². The minimum absolute atomic E-state index is 0.0199. The van der Waals surface area contributed by atoms with Gasteiger partial charge in [0.2, 0.25) is 5.91 Å². The molecule has 18 heavy (non-hydrogen) atoms. The van der Waals surface area contributed by atoms with E-state index in [4.69, 9.17) is 10.5 Å². The quantitative estimate of drug-likeness (QED) is 0.767. The molecular formula is C13H19FN2O2. The van der Waals surface area contributed by atoms with Crippen molar-refractivity contribution in [3.8, 4) is 0 Å². The molecule has 0 fully saturated rings. The second kappa shape index (κ2) is 6.96. The van der Waals surface area contributed by atoms with E-state index in [-0.39, 0.29) is 24.3 Å². The number of nitrogens with one attached hydrogen (secondary N) is 1. The minimum atomic E-state index is -0.515. The summed E-state index contributed by atoms with van der Waals surface area (Å²) in [4.78, 5) is 11.5. The number of hydrogen-bond acceptors (Lipinski definition) is 3. The van der Waals surface area contributed by atoms with Crippen LogP contribution in [-0.2, 0) is 9.53 Å². The first-order valence-corrected chi connectivity index (χ1v) is 5.99. The van der Waals surface area contributed by atoms with Gasteiger partial charge in [0.15, 0.2) is 0 Å². The zero-order chi connectivity index (χ0) is 13.5. The summed E-state index contributed by atoms with van der Waals surface area (Å²) in [6.45, 7) is 3.86. The highest BCUT2D eigenvalue weighted by Crippen LogP contribution is 2.17. The number of carbonyl (C=O) groups excluding carboxylic acids is 1. The van der Waals surface area contributed by atoms with Gasteiger partial charge in [-0.25, -0.2) is 4.39 Å². The molecule has 0 spiro atoms. The van der Waals surface area contributed by atoms with Crippen molar-refractivity contribution in [2.24, 2.45) is 0 Å². The van der Waals surface area contributed by atoms with Crippen molar-refractivity contribution in [1.82, 2.24) is 0 Å². The lowest BCUT2D eigenvalue weighted by Crippen LogP contribution is -2.22. The van der Waals surface area contributed by atoms with Gasteiger partial charge in [0.25, 0.3) is 0 Å². The molecular weight excluding hydrogens is 235 g/mol. The van der Waals surface area contributed by atoms with Crippen LogP contribution in [0.5, 0.6) is 0 Å². The predicted octanol–water partition coefficient (Wildman–Crippen LogP) is 2.55. The van der Waals surface area contributed by atoms with Crippen LogP contribution in [0.3, 0.4) is 0 Å².